The summed E-state index contributed by atoms with van der Waals surface area (Å²) in [6.45, 7) is 1.59. The molecule has 0 atom stereocenters. The van der Waals surface area contributed by atoms with Crippen LogP contribution in [0, 0.1) is 21.7 Å². The van der Waals surface area contributed by atoms with E-state index in [-0.39, 0.29) is 0 Å². The summed E-state index contributed by atoms with van der Waals surface area (Å²) in [5, 5.41) is 15.2. The number of nitro benzene ring substituents is 1. The Hall–Kier alpha value is -2.58. The lowest BCUT2D eigenvalue weighted by Crippen LogP contribution is -2.37. The van der Waals surface area contributed by atoms with Crippen molar-refractivity contribution >= 4 is 17.5 Å². The number of amides is 2. The van der Waals surface area contributed by atoms with Crippen molar-refractivity contribution in [3.8, 4) is 0 Å². The van der Waals surface area contributed by atoms with Crippen LogP contribution < -0.4 is 10.6 Å². The van der Waals surface area contributed by atoms with E-state index in [4.69, 9.17) is 0 Å². The molecule has 20 heavy (non-hydrogen) atoms. The van der Waals surface area contributed by atoms with Crippen molar-refractivity contribution in [2.24, 2.45) is 0 Å². The minimum atomic E-state index is -1.43. The monoisotopic (exact) mass is 287 g/mol. The van der Waals surface area contributed by atoms with Gasteiger partial charge >= 0.3 is 0 Å². The van der Waals surface area contributed by atoms with Gasteiger partial charge < -0.3 is 10.6 Å². The average molecular weight is 287 g/mol. The highest BCUT2D eigenvalue weighted by Gasteiger charge is 2.24. The van der Waals surface area contributed by atoms with E-state index in [1.165, 1.54) is 0 Å². The van der Waals surface area contributed by atoms with E-state index in [1.807, 2.05) is 0 Å². The van der Waals surface area contributed by atoms with Crippen molar-refractivity contribution < 1.29 is 23.3 Å². The minimum absolute atomic E-state index is 0.316. The lowest BCUT2D eigenvalue weighted by Gasteiger charge is -2.06. The smallest absolute Gasteiger partial charge is 0.285 e. The third-order valence-corrected chi connectivity index (χ3v) is 2.26. The van der Waals surface area contributed by atoms with Crippen LogP contribution in [0.25, 0.3) is 0 Å². The summed E-state index contributed by atoms with van der Waals surface area (Å²) in [6, 6.07) is 0.733. The van der Waals surface area contributed by atoms with Crippen molar-refractivity contribution in [2.45, 2.75) is 6.92 Å². The number of likely N-dealkylation sites (N-methyl/N-ethyl adjacent to an activating group) is 1. The van der Waals surface area contributed by atoms with E-state index in [0.717, 1.165) is 0 Å². The summed E-state index contributed by atoms with van der Waals surface area (Å²) >= 11 is 0. The van der Waals surface area contributed by atoms with Gasteiger partial charge in [0, 0.05) is 6.54 Å². The van der Waals surface area contributed by atoms with Gasteiger partial charge in [-0.25, -0.2) is 8.78 Å². The fourth-order valence-electron chi connectivity index (χ4n) is 1.38. The molecule has 9 heteroatoms. The van der Waals surface area contributed by atoms with Crippen LogP contribution in [0.2, 0.25) is 0 Å². The summed E-state index contributed by atoms with van der Waals surface area (Å²) < 4.78 is 26.0. The molecule has 0 saturated carbocycles. The molecular weight excluding hydrogens is 276 g/mol. The molecule has 0 aliphatic carbocycles. The summed E-state index contributed by atoms with van der Waals surface area (Å²) in [5.41, 5.74) is -1.53. The second-order valence-corrected chi connectivity index (χ2v) is 3.68. The second-order valence-electron chi connectivity index (χ2n) is 3.68. The summed E-state index contributed by atoms with van der Waals surface area (Å²) in [4.78, 5) is 32.5. The van der Waals surface area contributed by atoms with Crippen LogP contribution in [-0.4, -0.2) is 29.8 Å². The predicted molar refractivity (Wildman–Crippen MR) is 64.0 cm³/mol. The Morgan fingerprint density at radius 2 is 1.85 bits per heavy atom. The van der Waals surface area contributed by atoms with Crippen molar-refractivity contribution in [3.63, 3.8) is 0 Å². The van der Waals surface area contributed by atoms with Crippen LogP contribution >= 0.6 is 0 Å². The fraction of sp³-hybridized carbons (Fsp3) is 0.273. The number of benzene rings is 1. The van der Waals surface area contributed by atoms with Gasteiger partial charge in [0.2, 0.25) is 5.91 Å². The zero-order valence-electron chi connectivity index (χ0n) is 10.4. The topological polar surface area (TPSA) is 101 Å². The lowest BCUT2D eigenvalue weighted by molar-refractivity contribution is -0.385. The molecule has 1 aromatic carbocycles. The molecule has 2 amide bonds. The number of nitrogens with zero attached hydrogens (tertiary/aromatic N) is 1. The largest absolute Gasteiger partial charge is 0.355 e. The van der Waals surface area contributed by atoms with Crippen molar-refractivity contribution in [1.29, 1.82) is 0 Å². The van der Waals surface area contributed by atoms with Crippen LogP contribution in [0.5, 0.6) is 0 Å². The molecule has 0 spiro atoms. The van der Waals surface area contributed by atoms with Crippen molar-refractivity contribution in [1.82, 2.24) is 10.6 Å². The number of hydrogen-bond donors (Lipinski definition) is 2. The zero-order valence-corrected chi connectivity index (χ0v) is 10.4. The maximum atomic E-state index is 13.0. The third kappa shape index (κ3) is 3.70. The number of carbonyl (C=O) groups excluding carboxylic acids is 2. The number of nitrogens with one attached hydrogen (secondary N) is 2. The van der Waals surface area contributed by atoms with Gasteiger partial charge in [-0.15, -0.1) is 0 Å². The summed E-state index contributed by atoms with van der Waals surface area (Å²) in [5.74, 6) is -4.37. The van der Waals surface area contributed by atoms with Gasteiger partial charge in [0.15, 0.2) is 11.6 Å². The minimum Gasteiger partial charge on any atom is -0.355 e. The van der Waals surface area contributed by atoms with E-state index in [1.54, 1.807) is 6.92 Å². The van der Waals surface area contributed by atoms with Crippen LogP contribution in [0.1, 0.15) is 17.3 Å². The van der Waals surface area contributed by atoms with E-state index >= 15 is 0 Å². The molecule has 0 aliphatic rings. The Labute approximate surface area is 112 Å². The van der Waals surface area contributed by atoms with Crippen molar-refractivity contribution in [3.05, 3.63) is 39.4 Å². The van der Waals surface area contributed by atoms with Gasteiger partial charge in [0.25, 0.3) is 11.6 Å². The summed E-state index contributed by atoms with van der Waals surface area (Å²) in [6.07, 6.45) is 0. The molecule has 1 aromatic rings. The lowest BCUT2D eigenvalue weighted by atomic mass is 10.1. The van der Waals surface area contributed by atoms with Gasteiger partial charge in [-0.1, -0.05) is 0 Å². The Morgan fingerprint density at radius 1 is 1.25 bits per heavy atom. The van der Waals surface area contributed by atoms with Gasteiger partial charge in [0.1, 0.15) is 5.56 Å². The maximum Gasteiger partial charge on any atom is 0.285 e. The first kappa shape index (κ1) is 15.5. The van der Waals surface area contributed by atoms with Crippen LogP contribution in [0.3, 0.4) is 0 Å². The highest BCUT2D eigenvalue weighted by atomic mass is 19.2. The molecule has 0 saturated heterocycles. The van der Waals surface area contributed by atoms with Crippen LogP contribution in [0.4, 0.5) is 14.5 Å². The SMILES string of the molecule is CCNC(=O)CNC(=O)c1cc(F)c(F)cc1[N+](=O)[O-]. The first-order valence-electron chi connectivity index (χ1n) is 5.55. The Bertz CT molecular complexity index is 563. The molecule has 0 fully saturated rings. The molecule has 0 bridgehead atoms. The molecule has 2 N–H and O–H groups in total. The molecule has 108 valence electrons. The molecular formula is C11H11F2N3O4. The molecule has 0 aromatic heterocycles. The number of hydrogen-bond acceptors (Lipinski definition) is 4. The van der Waals surface area contributed by atoms with E-state index in [9.17, 15) is 28.5 Å². The standard InChI is InChI=1S/C11H11F2N3O4/c1-2-14-10(17)5-15-11(18)6-3-7(12)8(13)4-9(6)16(19)20/h3-4H,2,5H2,1H3,(H,14,17)(H,15,18). The zero-order chi connectivity index (χ0) is 15.3. The van der Waals surface area contributed by atoms with E-state index < -0.39 is 46.2 Å². The van der Waals surface area contributed by atoms with Gasteiger partial charge in [-0.05, 0) is 13.0 Å². The summed E-state index contributed by atoms with van der Waals surface area (Å²) in [7, 11) is 0. The van der Waals surface area contributed by atoms with Gasteiger partial charge in [-0.3, -0.25) is 19.7 Å². The number of carbonyl (C=O) groups is 2. The van der Waals surface area contributed by atoms with Gasteiger partial charge in [-0.2, -0.15) is 0 Å². The molecule has 0 aliphatic heterocycles. The van der Waals surface area contributed by atoms with E-state index in [0.29, 0.717) is 18.7 Å². The average Bonchev–Trinajstić information content (AvgIpc) is 2.38. The third-order valence-electron chi connectivity index (χ3n) is 2.26. The highest BCUT2D eigenvalue weighted by Crippen LogP contribution is 2.22. The normalized spacial score (nSPS) is 9.95. The van der Waals surface area contributed by atoms with Crippen LogP contribution in [0.15, 0.2) is 12.1 Å². The Morgan fingerprint density at radius 3 is 2.40 bits per heavy atom. The highest BCUT2D eigenvalue weighted by molar-refractivity contribution is 5.99. The van der Waals surface area contributed by atoms with Gasteiger partial charge in [0.05, 0.1) is 17.5 Å². The molecule has 1 rings (SSSR count). The predicted octanol–water partition coefficient (Wildman–Crippen LogP) is 0.739. The molecule has 0 unspecified atom stereocenters. The molecule has 0 radical (unpaired) electrons. The Kier molecular flexibility index (Phi) is 5.07. The number of rotatable bonds is 5. The first-order valence-corrected chi connectivity index (χ1v) is 5.55. The number of halogens is 2. The maximum absolute atomic E-state index is 13.0. The molecule has 7 nitrogen and oxygen atoms in total. The van der Waals surface area contributed by atoms with Crippen LogP contribution in [-0.2, 0) is 4.79 Å². The molecule has 0 heterocycles. The number of nitro groups is 1. The van der Waals surface area contributed by atoms with E-state index in [2.05, 4.69) is 10.6 Å². The second kappa shape index (κ2) is 6.55. The van der Waals surface area contributed by atoms with Crippen molar-refractivity contribution in [2.75, 3.05) is 13.1 Å². The Balaban J connectivity index is 2.95. The quantitative estimate of drug-likeness (QED) is 0.616. The fourth-order valence-corrected chi connectivity index (χ4v) is 1.38. The first-order chi connectivity index (χ1) is 9.36.